The number of unbranched alkanes of at least 4 members (excludes halogenated alkanes) is 6. The van der Waals surface area contributed by atoms with Crippen LogP contribution in [-0.4, -0.2) is 23.4 Å². The molecule has 0 aromatic carbocycles. The number of hydrogen-bond acceptors (Lipinski definition) is 2. The van der Waals surface area contributed by atoms with E-state index in [1.807, 2.05) is 0 Å². The van der Waals surface area contributed by atoms with Crippen molar-refractivity contribution in [1.82, 2.24) is 5.06 Å². The van der Waals surface area contributed by atoms with Crippen LogP contribution in [0.2, 0.25) is 0 Å². The van der Waals surface area contributed by atoms with Crippen LogP contribution in [0.25, 0.3) is 0 Å². The van der Waals surface area contributed by atoms with Gasteiger partial charge in [0.05, 0.1) is 0 Å². The Morgan fingerprint density at radius 2 is 1.00 bits per heavy atom. The molecular formula is C15H35NO. The molecular weight excluding hydrogens is 210 g/mol. The summed E-state index contributed by atoms with van der Waals surface area (Å²) in [6.45, 7) is 10.4. The van der Waals surface area contributed by atoms with Crippen molar-refractivity contribution in [2.45, 2.75) is 85.5 Å². The maximum atomic E-state index is 9.48. The smallest absolute Gasteiger partial charge is 0.0238 e. The van der Waals surface area contributed by atoms with Crippen LogP contribution in [0.3, 0.4) is 0 Å². The molecule has 2 nitrogen and oxygen atoms in total. The number of hydrogen-bond donors (Lipinski definition) is 1. The summed E-state index contributed by atoms with van der Waals surface area (Å²) in [5.41, 5.74) is 0. The number of nitrogens with zero attached hydrogens (tertiary/aromatic N) is 1. The molecule has 0 fully saturated rings. The second-order valence-electron chi connectivity index (χ2n) is 4.78. The predicted molar refractivity (Wildman–Crippen MR) is 77.6 cm³/mol. The summed E-state index contributed by atoms with van der Waals surface area (Å²) >= 11 is 0. The van der Waals surface area contributed by atoms with E-state index in [4.69, 9.17) is 0 Å². The highest BCUT2D eigenvalue weighted by atomic mass is 16.5. The van der Waals surface area contributed by atoms with Crippen molar-refractivity contribution in [2.75, 3.05) is 13.1 Å². The molecule has 0 aliphatic heterocycles. The highest BCUT2D eigenvalue weighted by Crippen LogP contribution is 2.03. The van der Waals surface area contributed by atoms with Gasteiger partial charge in [0, 0.05) is 13.1 Å². The van der Waals surface area contributed by atoms with Crippen LogP contribution in [-0.2, 0) is 0 Å². The molecule has 0 saturated carbocycles. The van der Waals surface area contributed by atoms with Gasteiger partial charge < -0.3 is 5.21 Å². The lowest BCUT2D eigenvalue weighted by molar-refractivity contribution is -0.0924. The van der Waals surface area contributed by atoms with E-state index in [0.29, 0.717) is 0 Å². The molecule has 0 aliphatic rings. The fourth-order valence-electron chi connectivity index (χ4n) is 1.55. The Morgan fingerprint density at radius 1 is 0.647 bits per heavy atom. The second kappa shape index (κ2) is 18.3. The molecule has 1 N–H and O–H groups in total. The van der Waals surface area contributed by atoms with E-state index >= 15 is 0 Å². The normalized spacial score (nSPS) is 10.2. The van der Waals surface area contributed by atoms with Crippen LogP contribution in [0.4, 0.5) is 0 Å². The van der Waals surface area contributed by atoms with Crippen molar-refractivity contribution in [1.29, 1.82) is 0 Å². The Labute approximate surface area is 109 Å². The Balaban J connectivity index is 0. The number of hydroxylamine groups is 2. The van der Waals surface area contributed by atoms with E-state index in [1.165, 1.54) is 50.0 Å². The van der Waals surface area contributed by atoms with Crippen molar-refractivity contribution >= 4 is 0 Å². The molecule has 0 saturated heterocycles. The van der Waals surface area contributed by atoms with Crippen LogP contribution in [0.1, 0.15) is 85.5 Å². The molecule has 106 valence electrons. The summed E-state index contributed by atoms with van der Waals surface area (Å²) in [4.78, 5) is 0. The highest BCUT2D eigenvalue weighted by Gasteiger charge is 1.99. The predicted octanol–water partition coefficient (Wildman–Crippen LogP) is 5.25. The van der Waals surface area contributed by atoms with Gasteiger partial charge >= 0.3 is 0 Å². The lowest BCUT2D eigenvalue weighted by Crippen LogP contribution is -2.21. The van der Waals surface area contributed by atoms with Crippen LogP contribution in [0, 0.1) is 0 Å². The monoisotopic (exact) mass is 245 g/mol. The Morgan fingerprint density at radius 3 is 1.29 bits per heavy atom. The van der Waals surface area contributed by atoms with Gasteiger partial charge in [0.15, 0.2) is 0 Å². The lowest BCUT2D eigenvalue weighted by Gasteiger charge is -2.13. The average molecular weight is 245 g/mol. The van der Waals surface area contributed by atoms with Crippen LogP contribution in [0.15, 0.2) is 0 Å². The molecule has 0 heterocycles. The summed E-state index contributed by atoms with van der Waals surface area (Å²) < 4.78 is 0. The maximum Gasteiger partial charge on any atom is 0.0238 e. The molecule has 0 amide bonds. The molecule has 0 radical (unpaired) electrons. The first-order valence-corrected chi connectivity index (χ1v) is 7.66. The van der Waals surface area contributed by atoms with Gasteiger partial charge in [0.25, 0.3) is 0 Å². The first-order valence-electron chi connectivity index (χ1n) is 7.66. The van der Waals surface area contributed by atoms with Crippen molar-refractivity contribution in [3.05, 3.63) is 0 Å². The molecule has 0 bridgehead atoms. The molecule has 0 rings (SSSR count). The van der Waals surface area contributed by atoms with Gasteiger partial charge in [-0.05, 0) is 12.8 Å². The first-order chi connectivity index (χ1) is 8.22. The van der Waals surface area contributed by atoms with Gasteiger partial charge in [0.1, 0.15) is 0 Å². The van der Waals surface area contributed by atoms with E-state index in [0.717, 1.165) is 25.9 Å². The largest absolute Gasteiger partial charge is 0.314 e. The van der Waals surface area contributed by atoms with Gasteiger partial charge in [-0.3, -0.25) is 0 Å². The second-order valence-corrected chi connectivity index (χ2v) is 4.78. The van der Waals surface area contributed by atoms with Crippen LogP contribution >= 0.6 is 0 Å². The SMILES string of the molecule is CCC.CCCCCCN(O)CCCCCC. The van der Waals surface area contributed by atoms with Crippen LogP contribution in [0.5, 0.6) is 0 Å². The molecule has 0 aliphatic carbocycles. The van der Waals surface area contributed by atoms with E-state index < -0.39 is 0 Å². The Kier molecular flexibility index (Phi) is 20.7. The molecule has 2 heteroatoms. The summed E-state index contributed by atoms with van der Waals surface area (Å²) in [6, 6.07) is 0. The molecule has 0 atom stereocenters. The fraction of sp³-hybridized carbons (Fsp3) is 1.00. The Bertz CT molecular complexity index is 105. The summed E-state index contributed by atoms with van der Waals surface area (Å²) in [5, 5.41) is 11.0. The van der Waals surface area contributed by atoms with Gasteiger partial charge in [-0.25, -0.2) is 0 Å². The molecule has 0 aromatic rings. The van der Waals surface area contributed by atoms with Crippen molar-refractivity contribution < 1.29 is 5.21 Å². The van der Waals surface area contributed by atoms with E-state index in [1.54, 1.807) is 0 Å². The molecule has 0 aromatic heterocycles. The van der Waals surface area contributed by atoms with Crippen LogP contribution < -0.4 is 0 Å². The average Bonchev–Trinajstić information content (AvgIpc) is 2.31. The van der Waals surface area contributed by atoms with E-state index in [9.17, 15) is 5.21 Å². The minimum atomic E-state index is 0.853. The maximum absolute atomic E-state index is 9.48. The third-order valence-corrected chi connectivity index (χ3v) is 2.54. The molecule has 0 spiro atoms. The number of rotatable bonds is 10. The molecule has 17 heavy (non-hydrogen) atoms. The third-order valence-electron chi connectivity index (χ3n) is 2.54. The quantitative estimate of drug-likeness (QED) is 0.419. The standard InChI is InChI=1S/C12H27NO.C3H8/c1-3-5-7-9-11-13(14)12-10-8-6-4-2;1-3-2/h14H,3-12H2,1-2H3;3H2,1-2H3. The van der Waals surface area contributed by atoms with Crippen molar-refractivity contribution in [3.63, 3.8) is 0 Å². The summed E-state index contributed by atoms with van der Waals surface area (Å²) in [5.74, 6) is 0. The lowest BCUT2D eigenvalue weighted by atomic mass is 10.2. The zero-order valence-corrected chi connectivity index (χ0v) is 12.7. The van der Waals surface area contributed by atoms with E-state index in [2.05, 4.69) is 27.7 Å². The molecule has 0 unspecified atom stereocenters. The topological polar surface area (TPSA) is 23.5 Å². The van der Waals surface area contributed by atoms with Gasteiger partial charge in [-0.1, -0.05) is 72.6 Å². The zero-order chi connectivity index (χ0) is 13.4. The minimum absolute atomic E-state index is 0.853. The van der Waals surface area contributed by atoms with Crippen molar-refractivity contribution in [3.8, 4) is 0 Å². The summed E-state index contributed by atoms with van der Waals surface area (Å²) in [7, 11) is 0. The Hall–Kier alpha value is -0.0800. The van der Waals surface area contributed by atoms with Gasteiger partial charge in [-0.2, -0.15) is 5.06 Å². The van der Waals surface area contributed by atoms with E-state index in [-0.39, 0.29) is 0 Å². The van der Waals surface area contributed by atoms with Gasteiger partial charge in [0.2, 0.25) is 0 Å². The van der Waals surface area contributed by atoms with Crippen molar-refractivity contribution in [2.24, 2.45) is 0 Å². The highest BCUT2D eigenvalue weighted by molar-refractivity contribution is 4.49. The summed E-state index contributed by atoms with van der Waals surface area (Å²) in [6.07, 6.45) is 11.2. The fourth-order valence-corrected chi connectivity index (χ4v) is 1.55. The third kappa shape index (κ3) is 21.7. The first kappa shape index (κ1) is 19.3. The van der Waals surface area contributed by atoms with Gasteiger partial charge in [-0.15, -0.1) is 0 Å². The zero-order valence-electron chi connectivity index (χ0n) is 12.7. The minimum Gasteiger partial charge on any atom is -0.314 e.